The molecular weight excluding hydrogens is 380 g/mol. The zero-order valence-electron chi connectivity index (χ0n) is 15.9. The van der Waals surface area contributed by atoms with E-state index in [1.165, 1.54) is 4.90 Å². The van der Waals surface area contributed by atoms with Crippen molar-refractivity contribution in [3.05, 3.63) is 79.9 Å². The van der Waals surface area contributed by atoms with Crippen molar-refractivity contribution in [2.24, 2.45) is 0 Å². The van der Waals surface area contributed by atoms with Crippen LogP contribution in [0.5, 0.6) is 0 Å². The number of nitro benzene ring substituents is 2. The van der Waals surface area contributed by atoms with Gasteiger partial charge in [-0.05, 0) is 19.4 Å². The van der Waals surface area contributed by atoms with E-state index in [0.717, 1.165) is 18.2 Å². The molecule has 0 spiro atoms. The summed E-state index contributed by atoms with van der Waals surface area (Å²) < 4.78 is 0. The Bertz CT molecular complexity index is 895. The Morgan fingerprint density at radius 2 is 1.48 bits per heavy atom. The quantitative estimate of drug-likeness (QED) is 0.534. The van der Waals surface area contributed by atoms with E-state index in [-0.39, 0.29) is 11.5 Å². The first kappa shape index (κ1) is 21.5. The third-order valence-corrected chi connectivity index (χ3v) is 4.32. The highest BCUT2D eigenvalue weighted by Crippen LogP contribution is 2.24. The highest BCUT2D eigenvalue weighted by Gasteiger charge is 2.28. The molecule has 0 heterocycles. The lowest BCUT2D eigenvalue weighted by Gasteiger charge is -2.26. The molecule has 0 aliphatic heterocycles. The number of hydrogen-bond acceptors (Lipinski definition) is 6. The fraction of sp³-hybridized carbons (Fsp3) is 0.263. The molecule has 10 heteroatoms. The van der Waals surface area contributed by atoms with Crippen LogP contribution in [0.25, 0.3) is 0 Å². The van der Waals surface area contributed by atoms with Gasteiger partial charge in [0.05, 0.1) is 21.5 Å². The van der Waals surface area contributed by atoms with Crippen LogP contribution in [0.3, 0.4) is 0 Å². The van der Waals surface area contributed by atoms with Gasteiger partial charge < -0.3 is 10.2 Å². The van der Waals surface area contributed by atoms with Gasteiger partial charge >= 0.3 is 0 Å². The van der Waals surface area contributed by atoms with Gasteiger partial charge in [0.2, 0.25) is 5.91 Å². The second-order valence-corrected chi connectivity index (χ2v) is 6.08. The molecular formula is C19H20N4O6. The van der Waals surface area contributed by atoms with Crippen molar-refractivity contribution in [2.75, 3.05) is 13.1 Å². The first-order valence-electron chi connectivity index (χ1n) is 8.86. The maximum Gasteiger partial charge on any atom is 0.277 e. The summed E-state index contributed by atoms with van der Waals surface area (Å²) in [6.07, 6.45) is 0. The zero-order chi connectivity index (χ0) is 21.6. The lowest BCUT2D eigenvalue weighted by atomic mass is 10.0. The minimum atomic E-state index is -1.04. The van der Waals surface area contributed by atoms with Crippen LogP contribution < -0.4 is 5.32 Å². The maximum absolute atomic E-state index is 12.9. The third kappa shape index (κ3) is 5.12. The Morgan fingerprint density at radius 1 is 0.966 bits per heavy atom. The lowest BCUT2D eigenvalue weighted by molar-refractivity contribution is -0.394. The molecule has 0 saturated heterocycles. The van der Waals surface area contributed by atoms with Gasteiger partial charge in [0.15, 0.2) is 0 Å². The lowest BCUT2D eigenvalue weighted by Crippen LogP contribution is -2.42. The molecule has 0 saturated carbocycles. The average Bonchev–Trinajstić information content (AvgIpc) is 2.72. The summed E-state index contributed by atoms with van der Waals surface area (Å²) in [6.45, 7) is 4.46. The van der Waals surface area contributed by atoms with E-state index >= 15 is 0 Å². The number of nitrogens with one attached hydrogen (secondary N) is 1. The maximum atomic E-state index is 12.9. The Hall–Kier alpha value is -3.82. The molecule has 0 aliphatic rings. The molecule has 29 heavy (non-hydrogen) atoms. The predicted octanol–water partition coefficient (Wildman–Crippen LogP) is 2.84. The van der Waals surface area contributed by atoms with Crippen LogP contribution in [-0.4, -0.2) is 39.7 Å². The fourth-order valence-corrected chi connectivity index (χ4v) is 2.80. The van der Waals surface area contributed by atoms with Gasteiger partial charge in [0.1, 0.15) is 6.04 Å². The number of rotatable bonds is 8. The number of amides is 2. The minimum absolute atomic E-state index is 0.279. The average molecular weight is 400 g/mol. The Balaban J connectivity index is 2.43. The van der Waals surface area contributed by atoms with Gasteiger partial charge in [-0.15, -0.1) is 0 Å². The molecule has 0 bridgehead atoms. The van der Waals surface area contributed by atoms with Gasteiger partial charge in [0, 0.05) is 25.2 Å². The highest BCUT2D eigenvalue weighted by atomic mass is 16.6. The number of benzene rings is 2. The Morgan fingerprint density at radius 3 is 1.93 bits per heavy atom. The summed E-state index contributed by atoms with van der Waals surface area (Å²) in [6, 6.07) is 10.1. The number of nitro groups is 2. The smallest absolute Gasteiger partial charge is 0.277 e. The van der Waals surface area contributed by atoms with Gasteiger partial charge in [-0.2, -0.15) is 0 Å². The molecule has 2 aromatic carbocycles. The van der Waals surface area contributed by atoms with E-state index in [0.29, 0.717) is 18.7 Å². The summed E-state index contributed by atoms with van der Waals surface area (Å²) in [5.41, 5.74) is -0.928. The molecule has 2 amide bonds. The van der Waals surface area contributed by atoms with Crippen LogP contribution in [0.2, 0.25) is 0 Å². The van der Waals surface area contributed by atoms with E-state index in [4.69, 9.17) is 0 Å². The number of likely N-dealkylation sites (N-methyl/N-ethyl adjacent to an activating group) is 1. The van der Waals surface area contributed by atoms with E-state index in [9.17, 15) is 29.8 Å². The van der Waals surface area contributed by atoms with Crippen molar-refractivity contribution in [3.63, 3.8) is 0 Å². The number of carbonyl (C=O) groups excluding carboxylic acids is 2. The van der Waals surface area contributed by atoms with Gasteiger partial charge in [0.25, 0.3) is 17.3 Å². The van der Waals surface area contributed by atoms with Crippen molar-refractivity contribution >= 4 is 23.2 Å². The van der Waals surface area contributed by atoms with Crippen LogP contribution in [0.1, 0.15) is 35.8 Å². The van der Waals surface area contributed by atoms with E-state index in [1.54, 1.807) is 44.2 Å². The molecule has 0 unspecified atom stereocenters. The molecule has 2 rings (SSSR count). The van der Waals surface area contributed by atoms with Crippen molar-refractivity contribution in [1.29, 1.82) is 0 Å². The van der Waals surface area contributed by atoms with Gasteiger partial charge in [-0.25, -0.2) is 0 Å². The summed E-state index contributed by atoms with van der Waals surface area (Å²) in [5.74, 6) is -1.18. The number of non-ortho nitro benzene ring substituents is 2. The summed E-state index contributed by atoms with van der Waals surface area (Å²) in [4.78, 5) is 47.7. The molecule has 0 fully saturated rings. The number of hydrogen-bond donors (Lipinski definition) is 1. The Kier molecular flexibility index (Phi) is 6.96. The Labute approximate surface area is 166 Å². The van der Waals surface area contributed by atoms with Crippen LogP contribution in [0.15, 0.2) is 48.5 Å². The SMILES string of the molecule is CCN(CC)C(=O)[C@@H](NC(=O)c1cc([N+](=O)[O-])cc([N+](=O)[O-])c1)c1ccccc1. The molecule has 0 aromatic heterocycles. The second kappa shape index (κ2) is 9.40. The number of nitrogens with zero attached hydrogens (tertiary/aromatic N) is 3. The molecule has 1 atom stereocenters. The normalized spacial score (nSPS) is 11.4. The van der Waals surface area contributed by atoms with Crippen LogP contribution in [-0.2, 0) is 4.79 Å². The van der Waals surface area contributed by atoms with Gasteiger partial charge in [-0.1, -0.05) is 30.3 Å². The first-order chi connectivity index (χ1) is 13.8. The molecule has 0 aliphatic carbocycles. The summed E-state index contributed by atoms with van der Waals surface area (Å²) in [7, 11) is 0. The standard InChI is InChI=1S/C19H20N4O6/c1-3-21(4-2)19(25)17(13-8-6-5-7-9-13)20-18(24)14-10-15(22(26)27)12-16(11-14)23(28)29/h5-12,17H,3-4H2,1-2H3,(H,20,24)/t17-/m0/s1. The predicted molar refractivity (Wildman–Crippen MR) is 104 cm³/mol. The molecule has 10 nitrogen and oxygen atoms in total. The van der Waals surface area contributed by atoms with Crippen LogP contribution >= 0.6 is 0 Å². The van der Waals surface area contributed by atoms with Crippen molar-refractivity contribution in [1.82, 2.24) is 10.2 Å². The highest BCUT2D eigenvalue weighted by molar-refractivity contribution is 5.98. The van der Waals surface area contributed by atoms with E-state index in [2.05, 4.69) is 5.32 Å². The van der Waals surface area contributed by atoms with Crippen molar-refractivity contribution in [3.8, 4) is 0 Å². The van der Waals surface area contributed by atoms with Crippen molar-refractivity contribution < 1.29 is 19.4 Å². The fourth-order valence-electron chi connectivity index (χ4n) is 2.80. The summed E-state index contributed by atoms with van der Waals surface area (Å²) in [5, 5.41) is 24.7. The van der Waals surface area contributed by atoms with Crippen LogP contribution in [0.4, 0.5) is 11.4 Å². The second-order valence-electron chi connectivity index (χ2n) is 6.08. The molecule has 152 valence electrons. The summed E-state index contributed by atoms with van der Waals surface area (Å²) >= 11 is 0. The van der Waals surface area contributed by atoms with E-state index in [1.807, 2.05) is 0 Å². The largest absolute Gasteiger partial charge is 0.341 e. The molecule has 2 aromatic rings. The molecule has 0 radical (unpaired) electrons. The monoisotopic (exact) mass is 400 g/mol. The van der Waals surface area contributed by atoms with E-state index < -0.39 is 33.2 Å². The topological polar surface area (TPSA) is 136 Å². The molecule has 1 N–H and O–H groups in total. The third-order valence-electron chi connectivity index (χ3n) is 4.32. The minimum Gasteiger partial charge on any atom is -0.341 e. The van der Waals surface area contributed by atoms with Gasteiger partial charge in [-0.3, -0.25) is 29.8 Å². The number of carbonyl (C=O) groups is 2. The first-order valence-corrected chi connectivity index (χ1v) is 8.86. The van der Waals surface area contributed by atoms with Crippen LogP contribution in [0, 0.1) is 20.2 Å². The zero-order valence-corrected chi connectivity index (χ0v) is 15.9. The van der Waals surface area contributed by atoms with Crippen molar-refractivity contribution in [2.45, 2.75) is 19.9 Å².